The Morgan fingerprint density at radius 3 is 2.50 bits per heavy atom. The Kier molecular flexibility index (Phi) is 7.23. The SMILES string of the molecule is CC(C)(C)OC(=O)N1C[C@@H]2C[C@H]1CN2c1cc(-n2nc(Nc3cnccn3)c3ccc(NS(=O)(=O)c4ccccc4)cc32)ccn1. The van der Waals surface area contributed by atoms with Gasteiger partial charge in [-0.2, -0.15) is 0 Å². The van der Waals surface area contributed by atoms with Gasteiger partial charge in [0.1, 0.15) is 17.2 Å². The van der Waals surface area contributed by atoms with Gasteiger partial charge in [0.25, 0.3) is 10.0 Å². The van der Waals surface area contributed by atoms with Gasteiger partial charge in [0, 0.05) is 43.1 Å². The molecule has 5 aromatic rings. The first-order valence-electron chi connectivity index (χ1n) is 14.9. The van der Waals surface area contributed by atoms with E-state index in [1.165, 1.54) is 0 Å². The molecule has 2 aliphatic rings. The fourth-order valence-corrected chi connectivity index (χ4v) is 7.02. The minimum atomic E-state index is -3.81. The van der Waals surface area contributed by atoms with Gasteiger partial charge in [-0.25, -0.2) is 27.9 Å². The van der Waals surface area contributed by atoms with Gasteiger partial charge in [-0.15, -0.1) is 5.10 Å². The van der Waals surface area contributed by atoms with Gasteiger partial charge in [-0.1, -0.05) is 18.2 Å². The molecule has 0 spiro atoms. The zero-order valence-electron chi connectivity index (χ0n) is 25.5. The quantitative estimate of drug-likeness (QED) is 0.251. The van der Waals surface area contributed by atoms with Crippen LogP contribution >= 0.6 is 0 Å². The molecule has 5 heterocycles. The summed E-state index contributed by atoms with van der Waals surface area (Å²) in [5.41, 5.74) is 1.23. The highest BCUT2D eigenvalue weighted by molar-refractivity contribution is 7.92. The number of aromatic nitrogens is 5. The van der Waals surface area contributed by atoms with Crippen molar-refractivity contribution in [3.63, 3.8) is 0 Å². The third-order valence-corrected chi connectivity index (χ3v) is 9.33. The number of ether oxygens (including phenoxy) is 1. The highest BCUT2D eigenvalue weighted by atomic mass is 32.2. The maximum atomic E-state index is 13.1. The van der Waals surface area contributed by atoms with E-state index in [4.69, 9.17) is 9.84 Å². The number of carbonyl (C=O) groups is 1. The number of anilines is 4. The van der Waals surface area contributed by atoms with E-state index in [9.17, 15) is 13.2 Å². The first-order chi connectivity index (χ1) is 22.0. The summed E-state index contributed by atoms with van der Waals surface area (Å²) >= 11 is 0. The van der Waals surface area contributed by atoms with Gasteiger partial charge < -0.3 is 19.9 Å². The van der Waals surface area contributed by atoms with Crippen LogP contribution in [0.4, 0.5) is 27.9 Å². The van der Waals surface area contributed by atoms with E-state index in [0.717, 1.165) is 23.3 Å². The average Bonchev–Trinajstić information content (AvgIpc) is 3.75. The molecule has 236 valence electrons. The molecule has 2 bridgehead atoms. The number of nitrogens with zero attached hydrogens (tertiary/aromatic N) is 7. The lowest BCUT2D eigenvalue weighted by molar-refractivity contribution is 0.0214. The van der Waals surface area contributed by atoms with Crippen LogP contribution in [0.25, 0.3) is 16.6 Å². The van der Waals surface area contributed by atoms with Crippen molar-refractivity contribution in [1.82, 2.24) is 29.6 Å². The third-order valence-electron chi connectivity index (χ3n) is 7.93. The van der Waals surface area contributed by atoms with Crippen molar-refractivity contribution in [2.45, 2.75) is 49.8 Å². The lowest BCUT2D eigenvalue weighted by atomic mass is 10.2. The van der Waals surface area contributed by atoms with Crippen molar-refractivity contribution in [1.29, 1.82) is 0 Å². The smallest absolute Gasteiger partial charge is 0.410 e. The highest BCUT2D eigenvalue weighted by Crippen LogP contribution is 2.36. The monoisotopic (exact) mass is 639 g/mol. The number of amides is 1. The van der Waals surface area contributed by atoms with Crippen LogP contribution in [-0.2, 0) is 14.8 Å². The summed E-state index contributed by atoms with van der Waals surface area (Å²) in [6.45, 7) is 6.82. The number of fused-ring (bicyclic) bond motifs is 3. The maximum Gasteiger partial charge on any atom is 0.410 e. The molecule has 0 radical (unpaired) electrons. The van der Waals surface area contributed by atoms with Crippen LogP contribution < -0.4 is 14.9 Å². The summed E-state index contributed by atoms with van der Waals surface area (Å²) in [5.74, 6) is 1.81. The zero-order valence-corrected chi connectivity index (χ0v) is 26.3. The van der Waals surface area contributed by atoms with Crippen molar-refractivity contribution in [2.75, 3.05) is 28.0 Å². The van der Waals surface area contributed by atoms with Gasteiger partial charge in [-0.3, -0.25) is 9.71 Å². The topological polar surface area (TPSA) is 147 Å². The summed E-state index contributed by atoms with van der Waals surface area (Å²) in [7, 11) is -3.81. The van der Waals surface area contributed by atoms with Crippen LogP contribution in [0, 0.1) is 0 Å². The molecular formula is C32H33N9O4S. The summed E-state index contributed by atoms with van der Waals surface area (Å²) in [6, 6.07) is 17.4. The van der Waals surface area contributed by atoms with E-state index in [-0.39, 0.29) is 23.1 Å². The maximum absolute atomic E-state index is 13.1. The van der Waals surface area contributed by atoms with Crippen molar-refractivity contribution in [3.05, 3.63) is 85.5 Å². The Hall–Kier alpha value is -5.24. The first kappa shape index (κ1) is 29.5. The molecule has 1 amide bonds. The number of rotatable bonds is 7. The van der Waals surface area contributed by atoms with Crippen LogP contribution in [0.1, 0.15) is 27.2 Å². The number of pyridine rings is 1. The molecule has 14 heteroatoms. The van der Waals surface area contributed by atoms with Crippen LogP contribution in [0.3, 0.4) is 0 Å². The van der Waals surface area contributed by atoms with Crippen LogP contribution in [0.5, 0.6) is 0 Å². The molecule has 0 aliphatic carbocycles. The Bertz CT molecular complexity index is 2010. The zero-order chi connectivity index (χ0) is 32.1. The Balaban J connectivity index is 1.22. The Morgan fingerprint density at radius 2 is 1.78 bits per heavy atom. The number of hydrogen-bond acceptors (Lipinski definition) is 10. The lowest BCUT2D eigenvalue weighted by Gasteiger charge is -2.35. The van der Waals surface area contributed by atoms with Crippen molar-refractivity contribution in [3.8, 4) is 5.69 Å². The predicted molar refractivity (Wildman–Crippen MR) is 174 cm³/mol. The molecule has 3 aromatic heterocycles. The van der Waals surface area contributed by atoms with Crippen LogP contribution in [0.2, 0.25) is 0 Å². The number of carbonyl (C=O) groups excluding carboxylic acids is 1. The predicted octanol–water partition coefficient (Wildman–Crippen LogP) is 4.95. The van der Waals surface area contributed by atoms with E-state index in [2.05, 4.69) is 29.9 Å². The molecule has 2 aliphatic heterocycles. The number of hydrogen-bond donors (Lipinski definition) is 2. The summed E-state index contributed by atoms with van der Waals surface area (Å²) in [6.07, 6.45) is 7.05. The molecule has 0 unspecified atom stereocenters. The molecule has 7 rings (SSSR count). The van der Waals surface area contributed by atoms with Gasteiger partial charge in [0.05, 0.1) is 40.1 Å². The number of piperazine rings is 1. The standard InChI is InChI=1S/C32H33N9O4S/c1-32(2,3)45-31(42)40-20-23-16-24(40)19-39(23)29-17-22(11-12-35-29)41-27-15-21(38-46(43,44)25-7-5-4-6-8-25)9-10-26(27)30(37-41)36-28-18-33-13-14-34-28/h4-15,17-18,23-24,38H,16,19-20H2,1-3H3,(H,34,36,37)/t23-,24-/m0/s1. The normalized spacial score (nSPS) is 17.8. The van der Waals surface area contributed by atoms with Gasteiger partial charge >= 0.3 is 6.09 Å². The Morgan fingerprint density at radius 1 is 0.957 bits per heavy atom. The summed E-state index contributed by atoms with van der Waals surface area (Å²) < 4.78 is 36.3. The fourth-order valence-electron chi connectivity index (χ4n) is 5.95. The molecule has 2 N–H and O–H groups in total. The molecule has 2 aromatic carbocycles. The first-order valence-corrected chi connectivity index (χ1v) is 16.4. The number of likely N-dealkylation sites (tertiary alicyclic amines) is 1. The number of nitrogens with one attached hydrogen (secondary N) is 2. The molecule has 2 saturated heterocycles. The number of sulfonamides is 1. The van der Waals surface area contributed by atoms with Crippen molar-refractivity contribution >= 4 is 50.2 Å². The van der Waals surface area contributed by atoms with E-state index in [1.54, 1.807) is 71.9 Å². The second kappa shape index (κ2) is 11.3. The molecular weight excluding hydrogens is 606 g/mol. The molecule has 46 heavy (non-hydrogen) atoms. The van der Waals surface area contributed by atoms with Crippen molar-refractivity contribution < 1.29 is 17.9 Å². The number of benzene rings is 2. The van der Waals surface area contributed by atoms with E-state index >= 15 is 0 Å². The fraction of sp³-hybridized carbons (Fsp3) is 0.281. The minimum absolute atomic E-state index is 0.0406. The average molecular weight is 640 g/mol. The molecule has 13 nitrogen and oxygen atoms in total. The van der Waals surface area contributed by atoms with E-state index in [1.807, 2.05) is 43.9 Å². The highest BCUT2D eigenvalue weighted by Gasteiger charge is 2.47. The second-order valence-corrected chi connectivity index (χ2v) is 14.0. The minimum Gasteiger partial charge on any atom is -0.444 e. The van der Waals surface area contributed by atoms with Crippen LogP contribution in [0.15, 0.2) is 90.3 Å². The molecule has 2 fully saturated rings. The third kappa shape index (κ3) is 5.78. The van der Waals surface area contributed by atoms with Gasteiger partial charge in [0.15, 0.2) is 5.82 Å². The van der Waals surface area contributed by atoms with Crippen molar-refractivity contribution in [2.24, 2.45) is 0 Å². The molecule has 2 atom stereocenters. The van der Waals surface area contributed by atoms with Crippen LogP contribution in [-0.4, -0.2) is 74.9 Å². The van der Waals surface area contributed by atoms with Gasteiger partial charge in [-0.05, 0) is 63.6 Å². The Labute approximate surface area is 266 Å². The van der Waals surface area contributed by atoms with E-state index in [0.29, 0.717) is 35.9 Å². The lowest BCUT2D eigenvalue weighted by Crippen LogP contribution is -2.50. The van der Waals surface area contributed by atoms with Gasteiger partial charge in [0.2, 0.25) is 0 Å². The van der Waals surface area contributed by atoms with E-state index < -0.39 is 15.6 Å². The largest absolute Gasteiger partial charge is 0.444 e. The summed E-state index contributed by atoms with van der Waals surface area (Å²) in [4.78, 5) is 30.1. The molecule has 0 saturated carbocycles. The second-order valence-electron chi connectivity index (χ2n) is 12.3. The summed E-state index contributed by atoms with van der Waals surface area (Å²) in [5, 5.41) is 8.86.